The van der Waals surface area contributed by atoms with Gasteiger partial charge in [0.2, 0.25) is 0 Å². The summed E-state index contributed by atoms with van der Waals surface area (Å²) in [6.07, 6.45) is 0.986. The molecule has 0 fully saturated rings. The first-order chi connectivity index (χ1) is 8.04. The van der Waals surface area contributed by atoms with Crippen LogP contribution in [0.1, 0.15) is 31.4 Å². The molecule has 0 aliphatic carbocycles. The standard InChI is InChI=1S/C14H21ClFN/c1-11(2)17(8-4-7-15)10-13-5-6-14(16)9-12(13)3/h5-6,9,11H,4,7-8,10H2,1-3H3. The van der Waals surface area contributed by atoms with Crippen molar-refractivity contribution in [2.45, 2.75) is 39.8 Å². The Hall–Kier alpha value is -0.600. The van der Waals surface area contributed by atoms with E-state index in [0.717, 1.165) is 25.1 Å². The van der Waals surface area contributed by atoms with Crippen LogP contribution in [-0.2, 0) is 6.54 Å². The maximum Gasteiger partial charge on any atom is 0.123 e. The van der Waals surface area contributed by atoms with Gasteiger partial charge in [-0.1, -0.05) is 6.07 Å². The lowest BCUT2D eigenvalue weighted by atomic mass is 10.1. The molecule has 0 bridgehead atoms. The molecule has 0 saturated heterocycles. The second-order valence-electron chi connectivity index (χ2n) is 4.68. The fourth-order valence-electron chi connectivity index (χ4n) is 1.84. The van der Waals surface area contributed by atoms with Crippen molar-refractivity contribution in [3.8, 4) is 0 Å². The molecule has 0 aliphatic rings. The molecule has 0 unspecified atom stereocenters. The highest BCUT2D eigenvalue weighted by Gasteiger charge is 2.11. The smallest absolute Gasteiger partial charge is 0.123 e. The summed E-state index contributed by atoms with van der Waals surface area (Å²) in [6, 6.07) is 5.47. The predicted molar refractivity (Wildman–Crippen MR) is 72.0 cm³/mol. The van der Waals surface area contributed by atoms with E-state index in [4.69, 9.17) is 11.6 Å². The highest BCUT2D eigenvalue weighted by Crippen LogP contribution is 2.14. The van der Waals surface area contributed by atoms with Crippen LogP contribution in [0.3, 0.4) is 0 Å². The largest absolute Gasteiger partial charge is 0.297 e. The third-order valence-electron chi connectivity index (χ3n) is 2.99. The van der Waals surface area contributed by atoms with Gasteiger partial charge >= 0.3 is 0 Å². The lowest BCUT2D eigenvalue weighted by molar-refractivity contribution is 0.213. The van der Waals surface area contributed by atoms with Crippen molar-refractivity contribution in [2.75, 3.05) is 12.4 Å². The molecule has 1 rings (SSSR count). The van der Waals surface area contributed by atoms with Crippen molar-refractivity contribution in [1.29, 1.82) is 0 Å². The lowest BCUT2D eigenvalue weighted by Gasteiger charge is -2.27. The maximum absolute atomic E-state index is 13.0. The summed E-state index contributed by atoms with van der Waals surface area (Å²) in [4.78, 5) is 2.36. The SMILES string of the molecule is Cc1cc(F)ccc1CN(CCCCl)C(C)C. The van der Waals surface area contributed by atoms with Gasteiger partial charge in [0, 0.05) is 18.5 Å². The zero-order chi connectivity index (χ0) is 12.8. The molecule has 0 saturated carbocycles. The first-order valence-electron chi connectivity index (χ1n) is 6.09. The van der Waals surface area contributed by atoms with Crippen molar-refractivity contribution in [2.24, 2.45) is 0 Å². The Balaban J connectivity index is 2.71. The lowest BCUT2D eigenvalue weighted by Crippen LogP contribution is -2.31. The van der Waals surface area contributed by atoms with Crippen LogP contribution in [0.2, 0.25) is 0 Å². The number of rotatable bonds is 6. The number of hydrogen-bond donors (Lipinski definition) is 0. The van der Waals surface area contributed by atoms with Crippen LogP contribution in [0, 0.1) is 12.7 Å². The average molecular weight is 258 g/mol. The first-order valence-corrected chi connectivity index (χ1v) is 6.63. The van der Waals surface area contributed by atoms with Gasteiger partial charge in [0.25, 0.3) is 0 Å². The van der Waals surface area contributed by atoms with Crippen molar-refractivity contribution in [1.82, 2.24) is 4.90 Å². The second-order valence-corrected chi connectivity index (χ2v) is 5.06. The Labute approximate surface area is 109 Å². The first kappa shape index (κ1) is 14.5. The summed E-state index contributed by atoms with van der Waals surface area (Å²) in [6.45, 7) is 8.15. The minimum Gasteiger partial charge on any atom is -0.297 e. The number of aryl methyl sites for hydroxylation is 1. The number of nitrogens with zero attached hydrogens (tertiary/aromatic N) is 1. The molecule has 0 aliphatic heterocycles. The molecule has 0 spiro atoms. The monoisotopic (exact) mass is 257 g/mol. The minimum absolute atomic E-state index is 0.164. The van der Waals surface area contributed by atoms with E-state index in [1.54, 1.807) is 6.07 Å². The van der Waals surface area contributed by atoms with Gasteiger partial charge in [0.1, 0.15) is 5.82 Å². The van der Waals surface area contributed by atoms with E-state index < -0.39 is 0 Å². The Morgan fingerprint density at radius 2 is 2.06 bits per heavy atom. The Kier molecular flexibility index (Phi) is 5.93. The summed E-state index contributed by atoms with van der Waals surface area (Å²) in [7, 11) is 0. The number of halogens is 2. The fraction of sp³-hybridized carbons (Fsp3) is 0.571. The molecule has 3 heteroatoms. The van der Waals surface area contributed by atoms with Gasteiger partial charge in [0.05, 0.1) is 0 Å². The molecule has 0 radical (unpaired) electrons. The van der Waals surface area contributed by atoms with E-state index in [0.29, 0.717) is 11.9 Å². The molecular formula is C14H21ClFN. The third-order valence-corrected chi connectivity index (χ3v) is 3.25. The molecule has 0 amide bonds. The Morgan fingerprint density at radius 3 is 2.59 bits per heavy atom. The topological polar surface area (TPSA) is 3.24 Å². The van der Waals surface area contributed by atoms with E-state index in [-0.39, 0.29) is 5.82 Å². The third kappa shape index (κ3) is 4.64. The summed E-state index contributed by atoms with van der Waals surface area (Å²) in [5.41, 5.74) is 2.20. The summed E-state index contributed by atoms with van der Waals surface area (Å²) >= 11 is 5.73. The molecule has 0 atom stereocenters. The van der Waals surface area contributed by atoms with Gasteiger partial charge in [-0.2, -0.15) is 0 Å². The Morgan fingerprint density at radius 1 is 1.35 bits per heavy atom. The maximum atomic E-state index is 13.0. The molecule has 0 heterocycles. The van der Waals surface area contributed by atoms with Crippen molar-refractivity contribution < 1.29 is 4.39 Å². The van der Waals surface area contributed by atoms with E-state index in [2.05, 4.69) is 18.7 Å². The molecule has 1 nitrogen and oxygen atoms in total. The highest BCUT2D eigenvalue weighted by molar-refractivity contribution is 6.17. The quantitative estimate of drug-likeness (QED) is 0.697. The summed E-state index contributed by atoms with van der Waals surface area (Å²) < 4.78 is 13.0. The van der Waals surface area contributed by atoms with Gasteiger partial charge in [-0.25, -0.2) is 4.39 Å². The van der Waals surface area contributed by atoms with E-state index >= 15 is 0 Å². The zero-order valence-electron chi connectivity index (χ0n) is 10.8. The van der Waals surface area contributed by atoms with Crippen LogP contribution in [0.15, 0.2) is 18.2 Å². The van der Waals surface area contributed by atoms with Gasteiger partial charge in [0.15, 0.2) is 0 Å². The van der Waals surface area contributed by atoms with Gasteiger partial charge < -0.3 is 0 Å². The van der Waals surface area contributed by atoms with Crippen LogP contribution in [-0.4, -0.2) is 23.4 Å². The molecule has 0 aromatic heterocycles. The van der Waals surface area contributed by atoms with E-state index in [9.17, 15) is 4.39 Å². The van der Waals surface area contributed by atoms with Gasteiger partial charge in [-0.15, -0.1) is 11.6 Å². The van der Waals surface area contributed by atoms with Crippen LogP contribution in [0.25, 0.3) is 0 Å². The normalized spacial score (nSPS) is 11.5. The number of hydrogen-bond acceptors (Lipinski definition) is 1. The number of benzene rings is 1. The average Bonchev–Trinajstić information content (AvgIpc) is 2.26. The molecule has 1 aromatic carbocycles. The molecule has 0 N–H and O–H groups in total. The van der Waals surface area contributed by atoms with Crippen LogP contribution >= 0.6 is 11.6 Å². The predicted octanol–water partition coefficient (Wildman–Crippen LogP) is 3.97. The molecule has 1 aromatic rings. The van der Waals surface area contributed by atoms with E-state index in [1.165, 1.54) is 11.6 Å². The van der Waals surface area contributed by atoms with Crippen LogP contribution < -0.4 is 0 Å². The van der Waals surface area contributed by atoms with Crippen molar-refractivity contribution in [3.05, 3.63) is 35.1 Å². The zero-order valence-corrected chi connectivity index (χ0v) is 11.6. The fourth-order valence-corrected chi connectivity index (χ4v) is 1.96. The summed E-state index contributed by atoms with van der Waals surface area (Å²) in [5, 5.41) is 0. The second kappa shape index (κ2) is 6.97. The number of alkyl halides is 1. The van der Waals surface area contributed by atoms with Crippen molar-refractivity contribution >= 4 is 11.6 Å². The molecule has 17 heavy (non-hydrogen) atoms. The summed E-state index contributed by atoms with van der Waals surface area (Å²) in [5.74, 6) is 0.522. The van der Waals surface area contributed by atoms with Crippen molar-refractivity contribution in [3.63, 3.8) is 0 Å². The minimum atomic E-state index is -0.164. The van der Waals surface area contributed by atoms with Crippen LogP contribution in [0.4, 0.5) is 4.39 Å². The van der Waals surface area contributed by atoms with Gasteiger partial charge in [-0.05, 0) is 57.0 Å². The van der Waals surface area contributed by atoms with Crippen LogP contribution in [0.5, 0.6) is 0 Å². The van der Waals surface area contributed by atoms with E-state index in [1.807, 2.05) is 13.0 Å². The molecular weight excluding hydrogens is 237 g/mol. The Bertz CT molecular complexity index is 352. The van der Waals surface area contributed by atoms with Gasteiger partial charge in [-0.3, -0.25) is 4.90 Å². The molecule has 96 valence electrons. The highest BCUT2D eigenvalue weighted by atomic mass is 35.5.